The highest BCUT2D eigenvalue weighted by Gasteiger charge is 2.43. The third-order valence-corrected chi connectivity index (χ3v) is 13.7. The van der Waals surface area contributed by atoms with E-state index in [0.29, 0.717) is 62.2 Å². The van der Waals surface area contributed by atoms with Gasteiger partial charge in [0, 0.05) is 63.1 Å². The first kappa shape index (κ1) is 42.6. The summed E-state index contributed by atoms with van der Waals surface area (Å²) in [5, 5.41) is 10.4. The number of methoxy groups -OCH3 is 4. The van der Waals surface area contributed by atoms with Crippen LogP contribution in [0.25, 0.3) is 10.9 Å². The topological polar surface area (TPSA) is 121 Å². The first-order valence-electron chi connectivity index (χ1n) is 22.0. The van der Waals surface area contributed by atoms with E-state index in [0.717, 1.165) is 77.9 Å². The van der Waals surface area contributed by atoms with Crippen LogP contribution < -0.4 is 18.9 Å². The SMILES string of the molecule is CC[C@H]1CN2CCc3cc(OC)c(OC)cc3[C@@H]2C[C@@H]1C[C@@H]1c2cc(OC)c(OC)cc2CCN1C(=O)C1=C[C@@H](c2cn(C(C)=O)c3ccccc23)C[C@@H](OCCCCO)O1. The zero-order valence-electron chi connectivity index (χ0n) is 36.5. The molecule has 0 spiro atoms. The van der Waals surface area contributed by atoms with Crippen LogP contribution in [-0.4, -0.2) is 98.9 Å². The highest BCUT2D eigenvalue weighted by atomic mass is 16.7. The molecule has 3 aromatic carbocycles. The summed E-state index contributed by atoms with van der Waals surface area (Å²) < 4.78 is 37.7. The molecule has 61 heavy (non-hydrogen) atoms. The number of unbranched alkanes of at least 4 members (excludes halogenated alkanes) is 1. The van der Waals surface area contributed by atoms with Gasteiger partial charge in [-0.3, -0.25) is 19.1 Å². The van der Waals surface area contributed by atoms with Crippen molar-refractivity contribution in [2.75, 3.05) is 61.3 Å². The van der Waals surface area contributed by atoms with Gasteiger partial charge in [-0.1, -0.05) is 31.5 Å². The number of amides is 1. The lowest BCUT2D eigenvalue weighted by molar-refractivity contribution is -0.155. The van der Waals surface area contributed by atoms with Gasteiger partial charge in [-0.15, -0.1) is 0 Å². The molecule has 1 N–H and O–H groups in total. The normalized spacial score (nSPS) is 23.6. The fraction of sp³-hybridized carbons (Fsp3) is 0.510. The number of carbonyl (C=O) groups excluding carboxylic acids is 2. The summed E-state index contributed by atoms with van der Waals surface area (Å²) >= 11 is 0. The molecule has 0 radical (unpaired) electrons. The molecule has 326 valence electrons. The van der Waals surface area contributed by atoms with Crippen molar-refractivity contribution >= 4 is 22.7 Å². The van der Waals surface area contributed by atoms with Crippen molar-refractivity contribution in [3.05, 3.63) is 94.4 Å². The number of carbonyl (C=O) groups is 2. The number of nitrogens with zero attached hydrogens (tertiary/aromatic N) is 3. The van der Waals surface area contributed by atoms with Gasteiger partial charge in [-0.25, -0.2) is 0 Å². The van der Waals surface area contributed by atoms with E-state index >= 15 is 4.79 Å². The Labute approximate surface area is 359 Å². The maximum absolute atomic E-state index is 15.3. The van der Waals surface area contributed by atoms with Crippen LogP contribution in [0.1, 0.15) is 103 Å². The number of benzene rings is 3. The van der Waals surface area contributed by atoms with Gasteiger partial charge in [-0.05, 0) is 115 Å². The summed E-state index contributed by atoms with van der Waals surface area (Å²) in [6.07, 6.45) is 9.26. The van der Waals surface area contributed by atoms with Crippen LogP contribution in [0, 0.1) is 11.8 Å². The third kappa shape index (κ3) is 8.34. The van der Waals surface area contributed by atoms with Crippen molar-refractivity contribution in [3.63, 3.8) is 0 Å². The Morgan fingerprint density at radius 2 is 1.49 bits per heavy atom. The molecule has 6 atom stereocenters. The lowest BCUT2D eigenvalue weighted by atomic mass is 9.72. The Morgan fingerprint density at radius 3 is 2.18 bits per heavy atom. The molecular weight excluding hydrogens is 775 g/mol. The molecule has 5 heterocycles. The van der Waals surface area contributed by atoms with E-state index < -0.39 is 6.29 Å². The summed E-state index contributed by atoms with van der Waals surface area (Å²) in [6.45, 7) is 6.79. The molecule has 1 aromatic heterocycles. The van der Waals surface area contributed by atoms with Crippen LogP contribution in [0.5, 0.6) is 23.0 Å². The van der Waals surface area contributed by atoms with Crippen LogP contribution in [0.2, 0.25) is 0 Å². The van der Waals surface area contributed by atoms with Crippen LogP contribution in [0.3, 0.4) is 0 Å². The van der Waals surface area contributed by atoms with Gasteiger partial charge in [-0.2, -0.15) is 0 Å². The smallest absolute Gasteiger partial charge is 0.289 e. The van der Waals surface area contributed by atoms with Gasteiger partial charge < -0.3 is 38.4 Å². The Balaban J connectivity index is 1.17. The van der Waals surface area contributed by atoms with Gasteiger partial charge >= 0.3 is 0 Å². The molecule has 4 aliphatic rings. The molecule has 0 bridgehead atoms. The number of aliphatic hydroxyl groups excluding tert-OH is 1. The Morgan fingerprint density at radius 1 is 0.820 bits per heavy atom. The Hall–Kier alpha value is -5.04. The minimum atomic E-state index is -0.692. The summed E-state index contributed by atoms with van der Waals surface area (Å²) in [5.74, 6) is 3.29. The van der Waals surface area contributed by atoms with Gasteiger partial charge in [0.1, 0.15) is 0 Å². The van der Waals surface area contributed by atoms with Gasteiger partial charge in [0.05, 0.1) is 46.6 Å². The second-order valence-electron chi connectivity index (χ2n) is 16.9. The number of rotatable bonds is 14. The fourth-order valence-electron chi connectivity index (χ4n) is 10.5. The average Bonchev–Trinajstić information content (AvgIpc) is 3.69. The van der Waals surface area contributed by atoms with Crippen molar-refractivity contribution in [3.8, 4) is 23.0 Å². The Bertz CT molecular complexity index is 2270. The van der Waals surface area contributed by atoms with E-state index in [1.807, 2.05) is 41.4 Å². The minimum Gasteiger partial charge on any atom is -0.493 e. The van der Waals surface area contributed by atoms with E-state index in [2.05, 4.69) is 36.1 Å². The molecule has 1 amide bonds. The fourth-order valence-corrected chi connectivity index (χ4v) is 10.5. The second-order valence-corrected chi connectivity index (χ2v) is 16.9. The molecule has 0 unspecified atom stereocenters. The minimum absolute atomic E-state index is 0.0777. The molecule has 1 saturated heterocycles. The first-order chi connectivity index (χ1) is 29.7. The monoisotopic (exact) mass is 835 g/mol. The highest BCUT2D eigenvalue weighted by Crippen LogP contribution is 2.50. The van der Waals surface area contributed by atoms with Crippen molar-refractivity contribution in [1.29, 1.82) is 0 Å². The third-order valence-electron chi connectivity index (χ3n) is 13.7. The quantitative estimate of drug-likeness (QED) is 0.125. The van der Waals surface area contributed by atoms with Crippen LogP contribution in [0.15, 0.2) is 66.6 Å². The Kier molecular flexibility index (Phi) is 12.9. The summed E-state index contributed by atoms with van der Waals surface area (Å²) in [6, 6.07) is 16.3. The number of allylic oxidation sites excluding steroid dienone is 1. The van der Waals surface area contributed by atoms with Crippen molar-refractivity contribution in [2.45, 2.75) is 89.5 Å². The molecule has 0 saturated carbocycles. The number of hydrogen-bond acceptors (Lipinski definition) is 10. The predicted octanol–water partition coefficient (Wildman–Crippen LogP) is 8.00. The molecule has 8 rings (SSSR count). The van der Waals surface area contributed by atoms with E-state index in [-0.39, 0.29) is 42.2 Å². The molecule has 1 fully saturated rings. The first-order valence-corrected chi connectivity index (χ1v) is 22.0. The van der Waals surface area contributed by atoms with E-state index in [1.165, 1.54) is 11.1 Å². The second kappa shape index (κ2) is 18.5. The lowest BCUT2D eigenvalue weighted by Crippen LogP contribution is -2.48. The van der Waals surface area contributed by atoms with E-state index in [4.69, 9.17) is 28.4 Å². The average molecular weight is 836 g/mol. The number of ether oxygens (including phenoxy) is 6. The van der Waals surface area contributed by atoms with Crippen LogP contribution in [0.4, 0.5) is 0 Å². The maximum Gasteiger partial charge on any atom is 0.289 e. The predicted molar refractivity (Wildman–Crippen MR) is 233 cm³/mol. The largest absolute Gasteiger partial charge is 0.493 e. The van der Waals surface area contributed by atoms with Gasteiger partial charge in [0.15, 0.2) is 28.8 Å². The molecule has 12 nitrogen and oxygen atoms in total. The van der Waals surface area contributed by atoms with Crippen molar-refractivity contribution < 1.29 is 43.1 Å². The summed E-state index contributed by atoms with van der Waals surface area (Å²) in [4.78, 5) is 32.8. The van der Waals surface area contributed by atoms with Crippen molar-refractivity contribution in [2.24, 2.45) is 11.8 Å². The lowest BCUT2D eigenvalue weighted by Gasteiger charge is -2.49. The maximum atomic E-state index is 15.3. The molecule has 0 aliphatic carbocycles. The summed E-state index contributed by atoms with van der Waals surface area (Å²) in [5.41, 5.74) is 6.59. The number of aromatic nitrogens is 1. The number of fused-ring (bicyclic) bond motifs is 5. The van der Waals surface area contributed by atoms with E-state index in [1.54, 1.807) is 39.9 Å². The van der Waals surface area contributed by atoms with Gasteiger partial charge in [0.2, 0.25) is 12.2 Å². The van der Waals surface area contributed by atoms with Crippen LogP contribution >= 0.6 is 0 Å². The number of piperidine rings is 1. The van der Waals surface area contributed by atoms with Crippen LogP contribution in [-0.2, 0) is 27.1 Å². The number of aliphatic hydroxyl groups is 1. The molecule has 4 aliphatic heterocycles. The number of para-hydroxylation sites is 1. The molecule has 12 heteroatoms. The van der Waals surface area contributed by atoms with E-state index in [9.17, 15) is 9.90 Å². The summed E-state index contributed by atoms with van der Waals surface area (Å²) in [7, 11) is 6.70. The highest BCUT2D eigenvalue weighted by molar-refractivity contribution is 5.95. The standard InChI is InChI=1S/C49H61N3O9/c1-7-31-28-50-16-14-32-22-43(56-3)45(58-5)26-37(32)41(50)20-34(31)21-42-38-27-46(59-6)44(57-4)23-33(38)15-17-51(42)49(55)47-24-35(25-48(61-47)60-19-11-10-18-53)39-29-52(30(2)54)40-13-9-8-12-36(39)40/h8-9,12-13,22-24,26-27,29,31,34-35,41-42,48,53H,7,10-11,14-21,25,28H2,1-6H3/t31-,34+,35+,41-,42+,48-/m0/s1. The van der Waals surface area contributed by atoms with Crippen molar-refractivity contribution in [1.82, 2.24) is 14.4 Å². The zero-order valence-corrected chi connectivity index (χ0v) is 36.5. The van der Waals surface area contributed by atoms with Gasteiger partial charge in [0.25, 0.3) is 5.91 Å². The number of hydrogen-bond donors (Lipinski definition) is 1. The molecule has 4 aromatic rings. The zero-order chi connectivity index (χ0) is 42.8. The molecular formula is C49H61N3O9.